The lowest BCUT2D eigenvalue weighted by atomic mass is 10.2. The van der Waals surface area contributed by atoms with Crippen LogP contribution < -0.4 is 0 Å². The van der Waals surface area contributed by atoms with Crippen LogP contribution >= 0.6 is 23.2 Å². The average Bonchev–Trinajstić information content (AvgIpc) is 2.99. The highest BCUT2D eigenvalue weighted by atomic mass is 35.5. The van der Waals surface area contributed by atoms with Gasteiger partial charge in [-0.3, -0.25) is 4.79 Å². The van der Waals surface area contributed by atoms with Crippen molar-refractivity contribution in [2.24, 2.45) is 0 Å². The van der Waals surface area contributed by atoms with Crippen molar-refractivity contribution in [3.05, 3.63) is 40.3 Å². The molecule has 0 saturated carbocycles. The fourth-order valence-corrected chi connectivity index (χ4v) is 2.65. The van der Waals surface area contributed by atoms with E-state index in [4.69, 9.17) is 27.6 Å². The van der Waals surface area contributed by atoms with Crippen LogP contribution in [0.1, 0.15) is 32.6 Å². The molecule has 23 heavy (non-hydrogen) atoms. The molecule has 1 aromatic heterocycles. The van der Waals surface area contributed by atoms with Crippen LogP contribution in [0.4, 0.5) is 0 Å². The van der Waals surface area contributed by atoms with Crippen LogP contribution in [0.15, 0.2) is 28.8 Å². The predicted molar refractivity (Wildman–Crippen MR) is 92.8 cm³/mol. The van der Waals surface area contributed by atoms with E-state index in [0.717, 1.165) is 12.0 Å². The number of carbonyl (C=O) groups excluding carboxylic acids is 1. The summed E-state index contributed by atoms with van der Waals surface area (Å²) in [6.07, 6.45) is 3.38. The highest BCUT2D eigenvalue weighted by Crippen LogP contribution is 2.30. The van der Waals surface area contributed by atoms with Crippen molar-refractivity contribution >= 4 is 29.1 Å². The molecule has 2 aromatic rings. The molecule has 4 nitrogen and oxygen atoms in total. The number of oxazole rings is 1. The number of amides is 1. The topological polar surface area (TPSA) is 46.3 Å². The first kappa shape index (κ1) is 17.8. The molecule has 1 unspecified atom stereocenters. The fraction of sp³-hybridized carbons (Fsp3) is 0.412. The van der Waals surface area contributed by atoms with E-state index in [-0.39, 0.29) is 11.9 Å². The highest BCUT2D eigenvalue weighted by molar-refractivity contribution is 6.36. The van der Waals surface area contributed by atoms with Crippen LogP contribution in [0.2, 0.25) is 10.0 Å². The summed E-state index contributed by atoms with van der Waals surface area (Å²) in [7, 11) is 1.82. The summed E-state index contributed by atoms with van der Waals surface area (Å²) < 4.78 is 5.70. The molecule has 0 spiro atoms. The SMILES string of the molecule is CCC(C)N(C)C(=O)CCc1ncc(-c2ccc(Cl)cc2Cl)o1. The molecular formula is C17H20Cl2N2O2. The van der Waals surface area contributed by atoms with Crippen LogP contribution in [0, 0.1) is 0 Å². The Morgan fingerprint density at radius 2 is 2.13 bits per heavy atom. The largest absolute Gasteiger partial charge is 0.441 e. The number of benzene rings is 1. The fourth-order valence-electron chi connectivity index (χ4n) is 2.15. The smallest absolute Gasteiger partial charge is 0.223 e. The zero-order valence-electron chi connectivity index (χ0n) is 13.5. The number of hydrogen-bond donors (Lipinski definition) is 0. The molecule has 1 amide bonds. The molecule has 0 radical (unpaired) electrons. The van der Waals surface area contributed by atoms with E-state index in [9.17, 15) is 4.79 Å². The molecule has 124 valence electrons. The summed E-state index contributed by atoms with van der Waals surface area (Å²) in [6, 6.07) is 5.42. The Hall–Kier alpha value is -1.52. The van der Waals surface area contributed by atoms with Crippen LogP contribution in [-0.4, -0.2) is 28.9 Å². The van der Waals surface area contributed by atoms with Crippen LogP contribution in [-0.2, 0) is 11.2 Å². The third-order valence-corrected chi connectivity index (χ3v) is 4.50. The van der Waals surface area contributed by atoms with Gasteiger partial charge in [0, 0.05) is 36.5 Å². The minimum atomic E-state index is 0.0867. The van der Waals surface area contributed by atoms with Crippen LogP contribution in [0.3, 0.4) is 0 Å². The summed E-state index contributed by atoms with van der Waals surface area (Å²) in [5.41, 5.74) is 0.734. The molecule has 0 aliphatic carbocycles. The van der Waals surface area contributed by atoms with Crippen molar-refractivity contribution in [2.45, 2.75) is 39.2 Å². The van der Waals surface area contributed by atoms with Crippen LogP contribution in [0.25, 0.3) is 11.3 Å². The van der Waals surface area contributed by atoms with Gasteiger partial charge in [0.25, 0.3) is 0 Å². The van der Waals surface area contributed by atoms with Crippen molar-refractivity contribution in [1.29, 1.82) is 0 Å². The standard InChI is InChI=1S/C17H20Cl2N2O2/c1-4-11(2)21(3)17(22)8-7-16-20-10-15(23-16)13-6-5-12(18)9-14(13)19/h5-6,9-11H,4,7-8H2,1-3H3. The van der Waals surface area contributed by atoms with E-state index in [0.29, 0.717) is 34.5 Å². The average molecular weight is 355 g/mol. The van der Waals surface area contributed by atoms with Crippen molar-refractivity contribution < 1.29 is 9.21 Å². The second kappa shape index (κ2) is 7.84. The molecule has 1 atom stereocenters. The Labute approximate surface area is 146 Å². The Balaban J connectivity index is 2.01. The quantitative estimate of drug-likeness (QED) is 0.745. The van der Waals surface area contributed by atoms with E-state index in [1.165, 1.54) is 0 Å². The third-order valence-electron chi connectivity index (χ3n) is 3.95. The number of halogens is 2. The van der Waals surface area contributed by atoms with Gasteiger partial charge >= 0.3 is 0 Å². The molecule has 6 heteroatoms. The summed E-state index contributed by atoms with van der Waals surface area (Å²) in [5, 5.41) is 1.07. The zero-order valence-corrected chi connectivity index (χ0v) is 15.0. The molecule has 1 heterocycles. The third kappa shape index (κ3) is 4.49. The number of aromatic nitrogens is 1. The second-order valence-corrected chi connectivity index (χ2v) is 6.35. The molecule has 0 bridgehead atoms. The summed E-state index contributed by atoms with van der Waals surface area (Å²) in [5.74, 6) is 1.19. The number of aryl methyl sites for hydroxylation is 1. The van der Waals surface area contributed by atoms with E-state index < -0.39 is 0 Å². The molecule has 0 fully saturated rings. The Bertz CT molecular complexity index is 685. The van der Waals surface area contributed by atoms with Gasteiger partial charge in [0.15, 0.2) is 11.7 Å². The van der Waals surface area contributed by atoms with Gasteiger partial charge in [-0.05, 0) is 31.5 Å². The Morgan fingerprint density at radius 3 is 2.78 bits per heavy atom. The molecule has 2 rings (SSSR count). The molecule has 0 aliphatic rings. The lowest BCUT2D eigenvalue weighted by Crippen LogP contribution is -2.34. The lowest BCUT2D eigenvalue weighted by Gasteiger charge is -2.23. The summed E-state index contributed by atoms with van der Waals surface area (Å²) in [4.78, 5) is 18.1. The van der Waals surface area contributed by atoms with Gasteiger partial charge in [0.1, 0.15) is 0 Å². The van der Waals surface area contributed by atoms with E-state index >= 15 is 0 Å². The Kier molecular flexibility index (Phi) is 6.08. The van der Waals surface area contributed by atoms with Gasteiger partial charge in [-0.15, -0.1) is 0 Å². The first-order valence-electron chi connectivity index (χ1n) is 7.58. The molecule has 0 aliphatic heterocycles. The number of nitrogens with zero attached hydrogens (tertiary/aromatic N) is 2. The molecular weight excluding hydrogens is 335 g/mol. The summed E-state index contributed by atoms with van der Waals surface area (Å²) >= 11 is 12.0. The van der Waals surface area contributed by atoms with E-state index in [1.807, 2.05) is 14.0 Å². The maximum Gasteiger partial charge on any atom is 0.223 e. The minimum Gasteiger partial charge on any atom is -0.441 e. The maximum atomic E-state index is 12.1. The van der Waals surface area contributed by atoms with Crippen LogP contribution in [0.5, 0.6) is 0 Å². The first-order valence-corrected chi connectivity index (χ1v) is 8.33. The second-order valence-electron chi connectivity index (χ2n) is 5.50. The maximum absolute atomic E-state index is 12.1. The minimum absolute atomic E-state index is 0.0867. The molecule has 0 N–H and O–H groups in total. The van der Waals surface area contributed by atoms with Crippen molar-refractivity contribution in [2.75, 3.05) is 7.05 Å². The zero-order chi connectivity index (χ0) is 17.0. The number of rotatable bonds is 6. The monoisotopic (exact) mass is 354 g/mol. The van der Waals surface area contributed by atoms with Gasteiger partial charge in [-0.2, -0.15) is 0 Å². The van der Waals surface area contributed by atoms with Gasteiger partial charge in [-0.1, -0.05) is 30.1 Å². The van der Waals surface area contributed by atoms with Crippen molar-refractivity contribution in [3.8, 4) is 11.3 Å². The van der Waals surface area contributed by atoms with Crippen molar-refractivity contribution in [3.63, 3.8) is 0 Å². The van der Waals surface area contributed by atoms with Gasteiger partial charge in [-0.25, -0.2) is 4.98 Å². The van der Waals surface area contributed by atoms with Crippen molar-refractivity contribution in [1.82, 2.24) is 9.88 Å². The number of hydrogen-bond acceptors (Lipinski definition) is 3. The molecule has 1 aromatic carbocycles. The highest BCUT2D eigenvalue weighted by Gasteiger charge is 2.16. The molecule has 0 saturated heterocycles. The normalized spacial score (nSPS) is 12.2. The Morgan fingerprint density at radius 1 is 1.39 bits per heavy atom. The first-order chi connectivity index (χ1) is 10.9. The van der Waals surface area contributed by atoms with E-state index in [1.54, 1.807) is 29.3 Å². The van der Waals surface area contributed by atoms with Gasteiger partial charge in [0.2, 0.25) is 5.91 Å². The number of carbonyl (C=O) groups is 1. The van der Waals surface area contributed by atoms with E-state index in [2.05, 4.69) is 11.9 Å². The van der Waals surface area contributed by atoms with Gasteiger partial charge < -0.3 is 9.32 Å². The predicted octanol–water partition coefficient (Wildman–Crippen LogP) is 4.84. The lowest BCUT2D eigenvalue weighted by molar-refractivity contribution is -0.131. The van der Waals surface area contributed by atoms with Gasteiger partial charge in [0.05, 0.1) is 11.2 Å². The summed E-state index contributed by atoms with van der Waals surface area (Å²) in [6.45, 7) is 4.09.